The molecule has 1 amide bonds. The third-order valence-electron chi connectivity index (χ3n) is 3.47. The second kappa shape index (κ2) is 7.92. The summed E-state index contributed by atoms with van der Waals surface area (Å²) in [5, 5.41) is 2.83. The summed E-state index contributed by atoms with van der Waals surface area (Å²) in [6.07, 6.45) is 0.875. The maximum atomic E-state index is 12.0. The fourth-order valence-corrected chi connectivity index (χ4v) is 3.22. The van der Waals surface area contributed by atoms with Crippen molar-refractivity contribution in [2.24, 2.45) is 0 Å². The molecule has 0 aromatic heterocycles. The number of carbonyl (C=O) groups is 1. The lowest BCUT2D eigenvalue weighted by Crippen LogP contribution is -2.22. The first-order valence-electron chi connectivity index (χ1n) is 7.36. The van der Waals surface area contributed by atoms with Gasteiger partial charge < -0.3 is 5.32 Å². The fraction of sp³-hybridized carbons (Fsp3) is 0.235. The van der Waals surface area contributed by atoms with E-state index < -0.39 is 10.0 Å². The summed E-state index contributed by atoms with van der Waals surface area (Å²) in [5.74, 6) is -0.0812. The molecule has 2 rings (SSSR count). The van der Waals surface area contributed by atoms with Gasteiger partial charge in [0.1, 0.15) is 0 Å². The van der Waals surface area contributed by atoms with Crippen LogP contribution in [-0.4, -0.2) is 32.7 Å². The summed E-state index contributed by atoms with van der Waals surface area (Å²) in [4.78, 5) is 12.2. The monoisotopic (exact) mass is 410 g/mol. The Kier molecular flexibility index (Phi) is 6.15. The molecule has 0 bridgehead atoms. The Hall–Kier alpha value is -1.70. The number of nitrogens with zero attached hydrogens (tertiary/aromatic N) is 1. The zero-order chi connectivity index (χ0) is 17.7. The van der Waals surface area contributed by atoms with Crippen molar-refractivity contribution in [2.75, 3.05) is 19.4 Å². The average molecular weight is 411 g/mol. The third kappa shape index (κ3) is 4.90. The van der Waals surface area contributed by atoms with Crippen molar-refractivity contribution in [3.05, 3.63) is 58.6 Å². The molecule has 0 aliphatic carbocycles. The molecule has 0 radical (unpaired) electrons. The van der Waals surface area contributed by atoms with Gasteiger partial charge in [0.2, 0.25) is 15.9 Å². The Morgan fingerprint density at radius 2 is 1.62 bits per heavy atom. The van der Waals surface area contributed by atoms with Gasteiger partial charge in [0.25, 0.3) is 0 Å². The highest BCUT2D eigenvalue weighted by Gasteiger charge is 2.16. The Morgan fingerprint density at radius 1 is 1.04 bits per heavy atom. The molecule has 0 aliphatic heterocycles. The van der Waals surface area contributed by atoms with Crippen LogP contribution in [0.1, 0.15) is 12.0 Å². The smallest absolute Gasteiger partial charge is 0.242 e. The first-order chi connectivity index (χ1) is 11.3. The lowest BCUT2D eigenvalue weighted by atomic mass is 10.1. The summed E-state index contributed by atoms with van der Waals surface area (Å²) >= 11 is 3.34. The van der Waals surface area contributed by atoms with Gasteiger partial charge in [0.05, 0.1) is 4.90 Å². The largest absolute Gasteiger partial charge is 0.326 e. The number of anilines is 1. The van der Waals surface area contributed by atoms with Crippen LogP contribution in [0.5, 0.6) is 0 Å². The van der Waals surface area contributed by atoms with E-state index in [1.165, 1.54) is 18.4 Å². The van der Waals surface area contributed by atoms with Crippen LogP contribution < -0.4 is 5.32 Å². The van der Waals surface area contributed by atoms with Crippen LogP contribution in [0.2, 0.25) is 0 Å². The predicted octanol–water partition coefficient (Wildman–Crippen LogP) is 3.27. The first-order valence-corrected chi connectivity index (χ1v) is 9.59. The second-order valence-electron chi connectivity index (χ2n) is 5.49. The molecule has 7 heteroatoms. The fourth-order valence-electron chi connectivity index (χ4n) is 2.05. The number of carbonyl (C=O) groups excluding carboxylic acids is 1. The molecule has 0 aliphatic rings. The highest BCUT2D eigenvalue weighted by molar-refractivity contribution is 9.10. The van der Waals surface area contributed by atoms with Crippen molar-refractivity contribution >= 4 is 37.5 Å². The quantitative estimate of drug-likeness (QED) is 0.794. The molecule has 0 unspecified atom stereocenters. The maximum Gasteiger partial charge on any atom is 0.242 e. The average Bonchev–Trinajstić information content (AvgIpc) is 2.55. The summed E-state index contributed by atoms with van der Waals surface area (Å²) in [6, 6.07) is 14.0. The van der Waals surface area contributed by atoms with Crippen molar-refractivity contribution in [3.8, 4) is 0 Å². The van der Waals surface area contributed by atoms with Crippen molar-refractivity contribution < 1.29 is 13.2 Å². The van der Waals surface area contributed by atoms with E-state index in [0.717, 1.165) is 15.7 Å². The SMILES string of the molecule is CN(C)S(=O)(=O)c1ccc(CCC(=O)Nc2ccc(Br)cc2)cc1. The van der Waals surface area contributed by atoms with Crippen molar-refractivity contribution in [2.45, 2.75) is 17.7 Å². The number of aryl methyl sites for hydroxylation is 1. The van der Waals surface area contributed by atoms with Crippen LogP contribution in [0.4, 0.5) is 5.69 Å². The van der Waals surface area contributed by atoms with E-state index in [9.17, 15) is 13.2 Å². The summed E-state index contributed by atoms with van der Waals surface area (Å²) in [6.45, 7) is 0. The van der Waals surface area contributed by atoms with Crippen LogP contribution in [0.25, 0.3) is 0 Å². The van der Waals surface area contributed by atoms with E-state index in [1.54, 1.807) is 24.3 Å². The predicted molar refractivity (Wildman–Crippen MR) is 98.4 cm³/mol. The lowest BCUT2D eigenvalue weighted by molar-refractivity contribution is -0.116. The molecule has 0 atom stereocenters. The van der Waals surface area contributed by atoms with Gasteiger partial charge in [0, 0.05) is 30.7 Å². The first kappa shape index (κ1) is 18.6. The number of halogens is 1. The van der Waals surface area contributed by atoms with Crippen LogP contribution in [-0.2, 0) is 21.2 Å². The number of hydrogen-bond acceptors (Lipinski definition) is 3. The van der Waals surface area contributed by atoms with E-state index in [0.29, 0.717) is 12.8 Å². The molecule has 2 aromatic carbocycles. The second-order valence-corrected chi connectivity index (χ2v) is 8.55. The van der Waals surface area contributed by atoms with Crippen LogP contribution in [0.3, 0.4) is 0 Å². The normalized spacial score (nSPS) is 11.5. The van der Waals surface area contributed by atoms with Crippen molar-refractivity contribution in [3.63, 3.8) is 0 Å². The van der Waals surface area contributed by atoms with Crippen LogP contribution in [0, 0.1) is 0 Å². The molecular weight excluding hydrogens is 392 g/mol. The van der Waals surface area contributed by atoms with Crippen LogP contribution >= 0.6 is 15.9 Å². The number of hydrogen-bond donors (Lipinski definition) is 1. The van der Waals surface area contributed by atoms with Gasteiger partial charge in [-0.3, -0.25) is 4.79 Å². The van der Waals surface area contributed by atoms with Gasteiger partial charge >= 0.3 is 0 Å². The molecule has 5 nitrogen and oxygen atoms in total. The lowest BCUT2D eigenvalue weighted by Gasteiger charge is -2.11. The zero-order valence-electron chi connectivity index (χ0n) is 13.5. The number of rotatable bonds is 6. The summed E-state index contributed by atoms with van der Waals surface area (Å²) < 4.78 is 26.1. The highest BCUT2D eigenvalue weighted by atomic mass is 79.9. The van der Waals surface area contributed by atoms with Gasteiger partial charge in [-0.25, -0.2) is 12.7 Å². The Morgan fingerprint density at radius 3 is 2.17 bits per heavy atom. The van der Waals surface area contributed by atoms with E-state index in [-0.39, 0.29) is 10.8 Å². The van der Waals surface area contributed by atoms with Gasteiger partial charge in [-0.2, -0.15) is 0 Å². The molecule has 2 aromatic rings. The van der Waals surface area contributed by atoms with Crippen molar-refractivity contribution in [1.82, 2.24) is 4.31 Å². The minimum Gasteiger partial charge on any atom is -0.326 e. The summed E-state index contributed by atoms with van der Waals surface area (Å²) in [5.41, 5.74) is 1.66. The number of amides is 1. The van der Waals surface area contributed by atoms with E-state index in [4.69, 9.17) is 0 Å². The molecule has 24 heavy (non-hydrogen) atoms. The van der Waals surface area contributed by atoms with Gasteiger partial charge in [0.15, 0.2) is 0 Å². The molecule has 0 fully saturated rings. The molecular formula is C17H19BrN2O3S. The Balaban J connectivity index is 1.92. The number of benzene rings is 2. The number of nitrogens with one attached hydrogen (secondary N) is 1. The minimum atomic E-state index is -3.42. The number of sulfonamides is 1. The Labute approximate surface area is 150 Å². The summed E-state index contributed by atoms with van der Waals surface area (Å²) in [7, 11) is -0.427. The standard InChI is InChI=1S/C17H19BrN2O3S/c1-20(2)24(22,23)16-10-3-13(4-11-16)5-12-17(21)19-15-8-6-14(18)7-9-15/h3-4,6-11H,5,12H2,1-2H3,(H,19,21). The minimum absolute atomic E-state index is 0.0812. The van der Waals surface area contributed by atoms with Gasteiger partial charge in [-0.05, 0) is 48.4 Å². The van der Waals surface area contributed by atoms with Gasteiger partial charge in [-0.15, -0.1) is 0 Å². The van der Waals surface area contributed by atoms with E-state index in [1.807, 2.05) is 24.3 Å². The topological polar surface area (TPSA) is 66.5 Å². The molecule has 0 saturated carbocycles. The maximum absolute atomic E-state index is 12.0. The zero-order valence-corrected chi connectivity index (χ0v) is 15.9. The Bertz CT molecular complexity index is 801. The molecule has 0 heterocycles. The third-order valence-corrected chi connectivity index (χ3v) is 5.83. The molecule has 0 spiro atoms. The van der Waals surface area contributed by atoms with Crippen molar-refractivity contribution in [1.29, 1.82) is 0 Å². The van der Waals surface area contributed by atoms with E-state index in [2.05, 4.69) is 21.2 Å². The van der Waals surface area contributed by atoms with Crippen LogP contribution in [0.15, 0.2) is 57.9 Å². The molecule has 1 N–H and O–H groups in total. The van der Waals surface area contributed by atoms with E-state index >= 15 is 0 Å². The molecule has 128 valence electrons. The highest BCUT2D eigenvalue weighted by Crippen LogP contribution is 2.16. The molecule has 0 saturated heterocycles. The van der Waals surface area contributed by atoms with Gasteiger partial charge in [-0.1, -0.05) is 28.1 Å².